The van der Waals surface area contributed by atoms with Crippen molar-refractivity contribution in [2.45, 2.75) is 0 Å². The third-order valence-electron chi connectivity index (χ3n) is 5.21. The van der Waals surface area contributed by atoms with E-state index < -0.39 is 0 Å². The molecule has 1 amide bonds. The number of nitrogens with zero attached hydrogens (tertiary/aromatic N) is 4. The molecule has 9 heteroatoms. The monoisotopic (exact) mass is 445 g/mol. The Morgan fingerprint density at radius 3 is 2.76 bits per heavy atom. The van der Waals surface area contributed by atoms with Crippen molar-refractivity contribution in [3.05, 3.63) is 78.8 Å². The van der Waals surface area contributed by atoms with Gasteiger partial charge in [0.25, 0.3) is 5.91 Å². The van der Waals surface area contributed by atoms with E-state index in [-0.39, 0.29) is 15.9 Å². The van der Waals surface area contributed by atoms with Crippen LogP contribution in [0.2, 0.25) is 0 Å². The fourth-order valence-corrected chi connectivity index (χ4v) is 3.53. The minimum Gasteiger partial charge on any atom is -0.457 e. The molecule has 3 heterocycles. The minimum atomic E-state index is -0.270. The predicted octanol–water partition coefficient (Wildman–Crippen LogP) is 4.99. The Bertz CT molecular complexity index is 1460. The van der Waals surface area contributed by atoms with Crippen molar-refractivity contribution in [2.24, 2.45) is 7.05 Å². The number of benzene rings is 2. The number of anilines is 2. The molecule has 0 unspecified atom stereocenters. The van der Waals surface area contributed by atoms with Crippen molar-refractivity contribution >= 4 is 28.6 Å². The van der Waals surface area contributed by atoms with E-state index in [1.54, 1.807) is 31.6 Å². The zero-order chi connectivity index (χ0) is 22.8. The van der Waals surface area contributed by atoms with Gasteiger partial charge in [-0.3, -0.25) is 14.9 Å². The first-order valence-electron chi connectivity index (χ1n) is 10.3. The summed E-state index contributed by atoms with van der Waals surface area (Å²) in [5.41, 5.74) is 4.91. The second-order valence-corrected chi connectivity index (χ2v) is 7.38. The van der Waals surface area contributed by atoms with Crippen LogP contribution in [0.5, 0.6) is 11.5 Å². The Morgan fingerprint density at radius 1 is 1.06 bits per heavy atom. The summed E-state index contributed by atoms with van der Waals surface area (Å²) in [6, 6.07) is 18.9. The van der Waals surface area contributed by atoms with Gasteiger partial charge in [-0.1, -0.05) is 12.1 Å². The molecule has 0 atom stereocenters. The van der Waals surface area contributed by atoms with Crippen molar-refractivity contribution < 1.29 is 13.8 Å². The summed E-state index contributed by atoms with van der Waals surface area (Å²) in [4.78, 5) is 20.6. The van der Waals surface area contributed by atoms with Crippen LogP contribution < -0.4 is 15.4 Å². The Kier molecular flexibility index (Phi) is 5.19. The van der Waals surface area contributed by atoms with Crippen molar-refractivity contribution in [2.75, 3.05) is 12.4 Å². The quantitative estimate of drug-likeness (QED) is 0.340. The number of aromatic nitrogens is 5. The number of carbonyl (C=O) groups excluding carboxylic acids is 1. The van der Waals surface area contributed by atoms with E-state index in [1.165, 1.54) is 0 Å². The number of H-pyrrole nitrogens is 1. The van der Waals surface area contributed by atoms with Crippen LogP contribution in [0, 0.1) is 0 Å². The van der Waals surface area contributed by atoms with Crippen LogP contribution in [0.1, 0.15) is 14.8 Å². The maximum Gasteiger partial charge on any atom is 0.269 e. The van der Waals surface area contributed by atoms with Gasteiger partial charge in [0.1, 0.15) is 17.2 Å². The number of imidazole rings is 1. The lowest BCUT2D eigenvalue weighted by molar-refractivity contribution is 0.0958. The average Bonchev–Trinajstić information content (AvgIpc) is 3.48. The highest BCUT2D eigenvalue weighted by Crippen LogP contribution is 2.29. The summed E-state index contributed by atoms with van der Waals surface area (Å²) in [5, 5.41) is 12.9. The van der Waals surface area contributed by atoms with E-state index in [0.717, 1.165) is 28.0 Å². The highest BCUT2D eigenvalue weighted by Gasteiger charge is 2.11. The van der Waals surface area contributed by atoms with Crippen molar-refractivity contribution in [1.82, 2.24) is 30.0 Å². The zero-order valence-corrected chi connectivity index (χ0v) is 18.0. The lowest BCUT2D eigenvalue weighted by Gasteiger charge is -2.08. The van der Waals surface area contributed by atoms with Gasteiger partial charge in [-0.05, 0) is 36.4 Å². The molecule has 5 aromatic rings. The number of hydrogen-bond acceptors (Lipinski definition) is 6. The largest absolute Gasteiger partial charge is 0.457 e. The van der Waals surface area contributed by atoms with E-state index in [2.05, 4.69) is 25.8 Å². The van der Waals surface area contributed by atoms with Crippen LogP contribution in [-0.2, 0) is 7.05 Å². The van der Waals surface area contributed by atoms with Crippen LogP contribution in [0.4, 0.5) is 11.6 Å². The number of nitrogens with one attached hydrogen (secondary N) is 3. The van der Waals surface area contributed by atoms with Gasteiger partial charge >= 0.3 is 0 Å². The first kappa shape index (κ1) is 20.3. The molecule has 9 nitrogen and oxygen atoms in total. The fraction of sp³-hybridized carbons (Fsp3) is 0.0833. The molecule has 0 fully saturated rings. The molecule has 170 valence electrons. The van der Waals surface area contributed by atoms with Crippen molar-refractivity contribution in [3.63, 3.8) is 0 Å². The van der Waals surface area contributed by atoms with E-state index in [0.29, 0.717) is 17.4 Å². The van der Waals surface area contributed by atoms with Gasteiger partial charge in [0, 0.05) is 54.2 Å². The highest BCUT2D eigenvalue weighted by molar-refractivity contribution is 5.92. The van der Waals surface area contributed by atoms with E-state index in [9.17, 15) is 4.79 Å². The molecule has 5 rings (SSSR count). The number of aromatic amines is 1. The Morgan fingerprint density at radius 2 is 1.94 bits per heavy atom. The number of hydrogen-bond donors (Lipinski definition) is 3. The van der Waals surface area contributed by atoms with E-state index >= 15 is 0 Å². The Labute approximate surface area is 193 Å². The van der Waals surface area contributed by atoms with Gasteiger partial charge in [-0.25, -0.2) is 4.98 Å². The molecule has 0 aliphatic rings. The fourth-order valence-electron chi connectivity index (χ4n) is 3.53. The van der Waals surface area contributed by atoms with E-state index in [4.69, 9.17) is 9.72 Å². The highest BCUT2D eigenvalue weighted by atomic mass is 16.5. The molecule has 0 saturated carbocycles. The maximum absolute atomic E-state index is 11.8. The SMILES string of the molecule is CNC(=O)c1cc(Oc2ccc3c(c2)nc(Nc2cccc(-c4ccn[nH]4)c2)n3C)ccn1.[HH].[HH].[HH]. The summed E-state index contributed by atoms with van der Waals surface area (Å²) >= 11 is 0. The van der Waals surface area contributed by atoms with Gasteiger partial charge in [0.15, 0.2) is 0 Å². The lowest BCUT2D eigenvalue weighted by Crippen LogP contribution is -2.18. The number of ether oxygens (including phenoxy) is 1. The summed E-state index contributed by atoms with van der Waals surface area (Å²) in [5.74, 6) is 1.57. The predicted molar refractivity (Wildman–Crippen MR) is 132 cm³/mol. The molecule has 0 spiro atoms. The van der Waals surface area contributed by atoms with Gasteiger partial charge in [0.2, 0.25) is 5.95 Å². The number of rotatable bonds is 6. The molecule has 3 aromatic heterocycles. The topological polar surface area (TPSA) is 110 Å². The summed E-state index contributed by atoms with van der Waals surface area (Å²) < 4.78 is 7.93. The summed E-state index contributed by atoms with van der Waals surface area (Å²) in [7, 11) is 3.52. The number of carbonyl (C=O) groups is 1. The maximum atomic E-state index is 11.8. The first-order valence-corrected chi connectivity index (χ1v) is 10.3. The van der Waals surface area contributed by atoms with Crippen LogP contribution in [0.25, 0.3) is 22.3 Å². The normalized spacial score (nSPS) is 10.8. The van der Waals surface area contributed by atoms with Crippen LogP contribution in [-0.4, -0.2) is 37.7 Å². The average molecular weight is 446 g/mol. The Hall–Kier alpha value is -4.66. The standard InChI is InChI=1S/C24H21N7O2.3H2/c1-25-23(32)21-14-18(8-10-26-21)33-17-6-7-22-20(13-17)29-24(31(22)2)28-16-5-3-4-15(12-16)19-9-11-27-30-19;;;/h3-14H,1-2H3,(H,25,32)(H,27,30)(H,28,29);3*1H. The molecular formula is C24H27N7O2. The van der Waals surface area contributed by atoms with Crippen LogP contribution in [0.15, 0.2) is 73.1 Å². The van der Waals surface area contributed by atoms with Gasteiger partial charge in [-0.2, -0.15) is 5.10 Å². The second kappa shape index (κ2) is 8.46. The molecule has 0 bridgehead atoms. The summed E-state index contributed by atoms with van der Waals surface area (Å²) in [6.07, 6.45) is 3.27. The zero-order valence-electron chi connectivity index (χ0n) is 18.0. The third kappa shape index (κ3) is 4.11. The molecular weight excluding hydrogens is 418 g/mol. The smallest absolute Gasteiger partial charge is 0.269 e. The van der Waals surface area contributed by atoms with E-state index in [1.807, 2.05) is 60.1 Å². The number of fused-ring (bicyclic) bond motifs is 1. The first-order chi connectivity index (χ1) is 16.1. The van der Waals surface area contributed by atoms with Crippen LogP contribution >= 0.6 is 0 Å². The molecule has 0 radical (unpaired) electrons. The lowest BCUT2D eigenvalue weighted by atomic mass is 10.1. The number of pyridine rings is 1. The second-order valence-electron chi connectivity index (χ2n) is 7.38. The van der Waals surface area contributed by atoms with Gasteiger partial charge in [-0.15, -0.1) is 0 Å². The third-order valence-corrected chi connectivity index (χ3v) is 5.21. The molecule has 33 heavy (non-hydrogen) atoms. The minimum absolute atomic E-state index is 0. The van der Waals surface area contributed by atoms with Gasteiger partial charge < -0.3 is 19.9 Å². The van der Waals surface area contributed by atoms with Crippen molar-refractivity contribution in [1.29, 1.82) is 0 Å². The molecule has 2 aromatic carbocycles. The molecule has 0 aliphatic carbocycles. The molecule has 3 N–H and O–H groups in total. The van der Waals surface area contributed by atoms with Crippen molar-refractivity contribution in [3.8, 4) is 22.8 Å². The molecule has 0 aliphatic heterocycles. The molecule has 0 saturated heterocycles. The van der Waals surface area contributed by atoms with Crippen LogP contribution in [0.3, 0.4) is 0 Å². The van der Waals surface area contributed by atoms with Gasteiger partial charge in [0.05, 0.1) is 16.7 Å². The summed E-state index contributed by atoms with van der Waals surface area (Å²) in [6.45, 7) is 0. The Balaban J connectivity index is 0.00000152. The number of amides is 1. The number of aryl methyl sites for hydroxylation is 1.